The first-order chi connectivity index (χ1) is 34.1. The van der Waals surface area contributed by atoms with Crippen molar-refractivity contribution in [3.63, 3.8) is 0 Å². The third kappa shape index (κ3) is 18.6. The Labute approximate surface area is 424 Å². The number of amides is 8. The molecule has 1 aliphatic heterocycles. The van der Waals surface area contributed by atoms with E-state index in [0.29, 0.717) is 17.5 Å². The molecule has 1 saturated heterocycles. The molecule has 4 rings (SSSR count). The second-order valence-corrected chi connectivity index (χ2v) is 20.8. The molecule has 392 valence electrons. The lowest BCUT2D eigenvalue weighted by molar-refractivity contribution is -0.135. The highest BCUT2D eigenvalue weighted by Crippen LogP contribution is 2.39. The highest BCUT2D eigenvalue weighted by Gasteiger charge is 2.39. The van der Waals surface area contributed by atoms with E-state index in [4.69, 9.17) is 40.1 Å². The van der Waals surface area contributed by atoms with Gasteiger partial charge >= 0.3 is 0 Å². The van der Waals surface area contributed by atoms with Crippen LogP contribution in [0.15, 0.2) is 70.8 Å². The van der Waals surface area contributed by atoms with Crippen LogP contribution in [0.4, 0.5) is 0 Å². The number of guanidine groups is 2. The molecular formula is C46H68N16O8S2. The second-order valence-electron chi connectivity index (χ2n) is 17.7. The molecule has 0 unspecified atom stereocenters. The highest BCUT2D eigenvalue weighted by atomic mass is 33.1. The topological polar surface area (TPSA) is 431 Å². The van der Waals surface area contributed by atoms with Crippen molar-refractivity contribution in [3.8, 4) is 0 Å². The number of hydrogen-bond donors (Lipinski definition) is 14. The van der Waals surface area contributed by atoms with E-state index in [9.17, 15) is 38.4 Å². The Morgan fingerprint density at radius 3 is 1.90 bits per heavy atom. The number of H-pyrrole nitrogens is 1. The van der Waals surface area contributed by atoms with Crippen molar-refractivity contribution >= 4 is 91.7 Å². The van der Waals surface area contributed by atoms with Gasteiger partial charge < -0.3 is 77.0 Å². The molecule has 1 aliphatic rings. The van der Waals surface area contributed by atoms with Gasteiger partial charge in [-0.25, -0.2) is 0 Å². The van der Waals surface area contributed by atoms with Gasteiger partial charge in [0.05, 0.1) is 6.04 Å². The fourth-order valence-corrected chi connectivity index (χ4v) is 10.4. The van der Waals surface area contributed by atoms with Gasteiger partial charge in [0, 0.05) is 60.0 Å². The number of nitrogens with zero attached hydrogens (tertiary/aromatic N) is 2. The van der Waals surface area contributed by atoms with Crippen LogP contribution in [0.2, 0.25) is 0 Å². The number of carbonyl (C=O) groups excluding carboxylic acids is 8. The van der Waals surface area contributed by atoms with E-state index in [1.165, 1.54) is 10.8 Å². The maximum Gasteiger partial charge on any atom is 0.243 e. The van der Waals surface area contributed by atoms with Crippen LogP contribution in [-0.4, -0.2) is 130 Å². The number of rotatable bonds is 18. The van der Waals surface area contributed by atoms with Crippen molar-refractivity contribution in [1.82, 2.24) is 36.9 Å². The zero-order chi connectivity index (χ0) is 53.0. The number of hydrogen-bond acceptors (Lipinski definition) is 13. The summed E-state index contributed by atoms with van der Waals surface area (Å²) >= 11 is 0. The molecule has 0 aliphatic carbocycles. The maximum absolute atomic E-state index is 14.6. The molecule has 21 N–H and O–H groups in total. The Kier molecular flexibility index (Phi) is 22.4. The second kappa shape index (κ2) is 28.1. The number of para-hydroxylation sites is 1. The number of primary amides is 2. The van der Waals surface area contributed by atoms with Crippen molar-refractivity contribution in [1.29, 1.82) is 0 Å². The molecule has 0 spiro atoms. The molecule has 26 heteroatoms. The van der Waals surface area contributed by atoms with Gasteiger partial charge in [-0.3, -0.25) is 48.3 Å². The van der Waals surface area contributed by atoms with Gasteiger partial charge in [0.2, 0.25) is 47.3 Å². The van der Waals surface area contributed by atoms with E-state index >= 15 is 0 Å². The molecular weight excluding hydrogens is 969 g/mol. The number of nitrogens with two attached hydrogens (primary N) is 7. The van der Waals surface area contributed by atoms with Crippen molar-refractivity contribution in [3.05, 3.63) is 71.9 Å². The van der Waals surface area contributed by atoms with Crippen LogP contribution in [0.5, 0.6) is 0 Å². The zero-order valence-electron chi connectivity index (χ0n) is 40.3. The van der Waals surface area contributed by atoms with Crippen molar-refractivity contribution in [2.45, 2.75) is 119 Å². The van der Waals surface area contributed by atoms with Gasteiger partial charge in [0.15, 0.2) is 11.9 Å². The fourth-order valence-electron chi connectivity index (χ4n) is 7.64. The first kappa shape index (κ1) is 57.5. The molecule has 0 bridgehead atoms. The zero-order valence-corrected chi connectivity index (χ0v) is 42.0. The number of aliphatic imine (C=N–C) groups is 2. The molecule has 3 aromatic rings. The predicted molar refractivity (Wildman–Crippen MR) is 278 cm³/mol. The van der Waals surface area contributed by atoms with Crippen molar-refractivity contribution in [2.75, 3.05) is 18.8 Å². The minimum atomic E-state index is -1.48. The third-order valence-corrected chi connectivity index (χ3v) is 14.8. The summed E-state index contributed by atoms with van der Waals surface area (Å²) in [5, 5.41) is 17.1. The predicted octanol–water partition coefficient (Wildman–Crippen LogP) is -2.39. The Morgan fingerprint density at radius 1 is 0.708 bits per heavy atom. The van der Waals surface area contributed by atoms with Crippen LogP contribution in [0.3, 0.4) is 0 Å². The Morgan fingerprint density at radius 2 is 1.26 bits per heavy atom. The first-order valence-electron chi connectivity index (χ1n) is 23.3. The number of fused-ring (bicyclic) bond motifs is 1. The van der Waals surface area contributed by atoms with Gasteiger partial charge in [-0.15, -0.1) is 0 Å². The molecule has 1 fully saturated rings. The summed E-state index contributed by atoms with van der Waals surface area (Å²) in [4.78, 5) is 122. The van der Waals surface area contributed by atoms with Gasteiger partial charge in [-0.2, -0.15) is 0 Å². The summed E-state index contributed by atoms with van der Waals surface area (Å²) in [5.41, 5.74) is 41.6. The lowest BCUT2D eigenvalue weighted by Crippen LogP contribution is -2.61. The Bertz CT molecular complexity index is 2430. The molecule has 2 aromatic carbocycles. The van der Waals surface area contributed by atoms with Crippen LogP contribution in [0.1, 0.15) is 69.9 Å². The van der Waals surface area contributed by atoms with Crippen LogP contribution < -0.4 is 72.0 Å². The van der Waals surface area contributed by atoms with Crippen LogP contribution >= 0.6 is 21.6 Å². The molecule has 72 heavy (non-hydrogen) atoms. The molecule has 7 atom stereocenters. The first-order valence-corrected chi connectivity index (χ1v) is 25.6. The molecule has 0 radical (unpaired) electrons. The summed E-state index contributed by atoms with van der Waals surface area (Å²) in [6.45, 7) is 3.60. The van der Waals surface area contributed by atoms with Crippen LogP contribution in [0.25, 0.3) is 10.9 Å². The molecule has 24 nitrogen and oxygen atoms in total. The summed E-state index contributed by atoms with van der Waals surface area (Å²) < 4.78 is -1.13. The molecule has 2 heterocycles. The Hall–Kier alpha value is -7.06. The Balaban J connectivity index is 1.81. The quantitative estimate of drug-likeness (QED) is 0.0274. The maximum atomic E-state index is 14.6. The lowest BCUT2D eigenvalue weighted by Gasteiger charge is -2.33. The largest absolute Gasteiger partial charge is 0.370 e. The van der Waals surface area contributed by atoms with E-state index in [1.807, 2.05) is 24.3 Å². The smallest absolute Gasteiger partial charge is 0.243 e. The summed E-state index contributed by atoms with van der Waals surface area (Å²) in [6.07, 6.45) is 1.39. The number of aromatic amines is 1. The average molecular weight is 1040 g/mol. The molecule has 1 aromatic heterocycles. The standard InChI is InChI=1S/C46H68N16O8S2/c1-46(2)36(37(49)64)62-43(70)34(23-26-24-56-29-14-7-6-12-27(26)29)61-39(66)30(15-9-20-55-45(52)53)58-42(69)33(22-25-10-4-3-5-11-25)60-40(67)31(16-17-35(48)63)59-41(68)32(18-21-71-72-46)57-38(65)28(47)13-8-19-54-44(50)51/h3-7,10-12,14,24,28,30-34,36,56H,8-9,13,15-23,47H2,1-2H3,(H2,48,63)(H2,49,64)(H,57,65)(H,58,69)(H,59,68)(H,60,67)(H,61,66)(H,62,70)(H4,50,51,54)(H4,52,53,55)/t28-,30-,31-,32-,33+,34-,36+/m0/s1. The van der Waals surface area contributed by atoms with E-state index < -0.39 is 94.3 Å². The number of benzene rings is 2. The summed E-state index contributed by atoms with van der Waals surface area (Å²) in [6, 6.07) is 6.65. The summed E-state index contributed by atoms with van der Waals surface area (Å²) in [7, 11) is 2.37. The van der Waals surface area contributed by atoms with Gasteiger partial charge in [0.25, 0.3) is 0 Å². The van der Waals surface area contributed by atoms with Gasteiger partial charge in [-0.1, -0.05) is 70.1 Å². The average Bonchev–Trinajstić information content (AvgIpc) is 3.73. The number of aromatic nitrogens is 1. The minimum absolute atomic E-state index is 0.0495. The van der Waals surface area contributed by atoms with Crippen LogP contribution in [0, 0.1) is 0 Å². The minimum Gasteiger partial charge on any atom is -0.370 e. The van der Waals surface area contributed by atoms with Crippen LogP contribution in [-0.2, 0) is 51.2 Å². The number of carbonyl (C=O) groups is 8. The fraction of sp³-hybridized carbons (Fsp3) is 0.478. The normalized spacial score (nSPS) is 22.0. The highest BCUT2D eigenvalue weighted by molar-refractivity contribution is 8.77. The molecule has 0 saturated carbocycles. The number of nitrogens with one attached hydrogen (secondary N) is 7. The lowest BCUT2D eigenvalue weighted by atomic mass is 9.99. The SMILES string of the molecule is CC1(C)SSCC[C@H](NC(=O)[C@@H](N)CCCN=C(N)N)C(=O)N[C@@H](CCC(N)=O)C(=O)N[C@H](Cc2ccccc2)C(=O)N[C@@H](CCCN=C(N)N)C(=O)N[C@@H](Cc2c[nH]c3ccccc23)C(=O)N[C@@H]1C(N)=O. The third-order valence-electron chi connectivity index (χ3n) is 11.5. The van der Waals surface area contributed by atoms with E-state index in [1.54, 1.807) is 50.4 Å². The van der Waals surface area contributed by atoms with Crippen molar-refractivity contribution < 1.29 is 38.4 Å². The van der Waals surface area contributed by atoms with E-state index in [0.717, 1.165) is 21.7 Å². The van der Waals surface area contributed by atoms with E-state index in [-0.39, 0.29) is 82.1 Å². The van der Waals surface area contributed by atoms with Gasteiger partial charge in [0.1, 0.15) is 36.3 Å². The summed E-state index contributed by atoms with van der Waals surface area (Å²) in [5.74, 6) is -6.67. The van der Waals surface area contributed by atoms with Gasteiger partial charge in [-0.05, 0) is 69.6 Å². The van der Waals surface area contributed by atoms with E-state index in [2.05, 4.69) is 46.9 Å². The monoisotopic (exact) mass is 1040 g/mol. The molecule has 8 amide bonds. The van der Waals surface area contributed by atoms with Crippen molar-refractivity contribution in [2.24, 2.45) is 50.1 Å².